The van der Waals surface area contributed by atoms with Crippen LogP contribution in [0.3, 0.4) is 0 Å². The zero-order chi connectivity index (χ0) is 38.1. The Morgan fingerprint density at radius 1 is 0.365 bits per heavy atom. The van der Waals surface area contributed by atoms with E-state index in [1.54, 1.807) is 0 Å². The molecule has 0 aliphatic carbocycles. The van der Waals surface area contributed by atoms with Gasteiger partial charge < -0.3 is 60.6 Å². The van der Waals surface area contributed by atoms with Gasteiger partial charge in [0.05, 0.1) is 105 Å². The van der Waals surface area contributed by atoms with Gasteiger partial charge in [0.15, 0.2) is 0 Å². The normalized spacial score (nSPS) is 15.8. The minimum absolute atomic E-state index is 0.0821. The first-order chi connectivity index (χ1) is 25.3. The highest BCUT2D eigenvalue weighted by Gasteiger charge is 2.21. The Labute approximate surface area is 307 Å². The number of ether oxygens (including phenoxy) is 4. The second kappa shape index (κ2) is 33.0. The number of aliphatic hydroxyl groups excluding tert-OH is 4. The molecule has 8 N–H and O–H groups in total. The smallest absolute Gasteiger partial charge is 0.234 e. The maximum Gasteiger partial charge on any atom is 0.234 e. The Morgan fingerprint density at radius 3 is 0.731 bits per heavy atom. The highest BCUT2D eigenvalue weighted by Crippen LogP contribution is 2.02. The first kappa shape index (κ1) is 47.4. The quantitative estimate of drug-likeness (QED) is 0.0347. The number of rotatable bonds is 28. The summed E-state index contributed by atoms with van der Waals surface area (Å²) in [5.41, 5.74) is 0. The van der Waals surface area contributed by atoms with E-state index in [-0.39, 0.29) is 155 Å². The first-order valence-corrected chi connectivity index (χ1v) is 18.0. The molecule has 4 amide bonds. The fourth-order valence-corrected chi connectivity index (χ4v) is 4.96. The molecule has 1 saturated heterocycles. The third kappa shape index (κ3) is 27.1. The molecule has 52 heavy (non-hydrogen) atoms. The summed E-state index contributed by atoms with van der Waals surface area (Å²) in [6.07, 6.45) is 0. The van der Waals surface area contributed by atoms with E-state index < -0.39 is 0 Å². The van der Waals surface area contributed by atoms with Crippen LogP contribution in [-0.2, 0) is 38.1 Å². The summed E-state index contributed by atoms with van der Waals surface area (Å²) >= 11 is 0. The Balaban J connectivity index is 3.04. The minimum atomic E-state index is -0.210. The lowest BCUT2D eigenvalue weighted by Gasteiger charge is -2.33. The van der Waals surface area contributed by atoms with Gasteiger partial charge in [-0.05, 0) is 0 Å². The molecule has 0 aromatic carbocycles. The Hall–Kier alpha value is -2.60. The number of aliphatic hydroxyl groups is 4. The van der Waals surface area contributed by atoms with E-state index in [4.69, 9.17) is 39.4 Å². The van der Waals surface area contributed by atoms with E-state index in [1.807, 2.05) is 19.6 Å². The molecule has 1 fully saturated rings. The molecule has 1 aliphatic rings. The van der Waals surface area contributed by atoms with Crippen LogP contribution < -0.4 is 21.3 Å². The zero-order valence-electron chi connectivity index (χ0n) is 30.6. The second-order valence-electron chi connectivity index (χ2n) is 11.8. The molecule has 304 valence electrons. The van der Waals surface area contributed by atoms with Gasteiger partial charge in [-0.25, -0.2) is 0 Å². The van der Waals surface area contributed by atoms with E-state index in [0.29, 0.717) is 52.4 Å². The monoisotopic (exact) mass is 752 g/mol. The SMILES string of the molecule is O=C(CN1CCN(CC(=O)NCCOCCO)CCN(CC(=O)NCCOCCO)CCN(CC(=O)NCCOCCO)CC1)NCCOCCO. The Kier molecular flexibility index (Phi) is 30.1. The number of carbonyl (C=O) groups excluding carboxylic acids is 4. The molecular weight excluding hydrogens is 688 g/mol. The summed E-state index contributed by atoms with van der Waals surface area (Å²) in [5.74, 6) is -0.841. The van der Waals surface area contributed by atoms with Crippen molar-refractivity contribution in [2.45, 2.75) is 0 Å². The molecule has 1 rings (SSSR count). The van der Waals surface area contributed by atoms with E-state index in [0.717, 1.165) is 0 Å². The van der Waals surface area contributed by atoms with Crippen molar-refractivity contribution in [3.63, 3.8) is 0 Å². The number of amides is 4. The maximum atomic E-state index is 12.9. The molecule has 0 saturated carbocycles. The lowest BCUT2D eigenvalue weighted by atomic mass is 10.3. The molecule has 0 aromatic heterocycles. The van der Waals surface area contributed by atoms with Gasteiger partial charge in [0, 0.05) is 78.5 Å². The molecule has 0 radical (unpaired) electrons. The van der Waals surface area contributed by atoms with Gasteiger partial charge in [0.2, 0.25) is 23.6 Å². The van der Waals surface area contributed by atoms with E-state index in [9.17, 15) is 19.2 Å². The van der Waals surface area contributed by atoms with Crippen LogP contribution in [-0.4, -0.2) is 248 Å². The summed E-state index contributed by atoms with van der Waals surface area (Å²) in [7, 11) is 0. The van der Waals surface area contributed by atoms with Crippen molar-refractivity contribution in [3.05, 3.63) is 0 Å². The van der Waals surface area contributed by atoms with Crippen LogP contribution in [0.4, 0.5) is 0 Å². The van der Waals surface area contributed by atoms with Crippen LogP contribution in [0.25, 0.3) is 0 Å². The largest absolute Gasteiger partial charge is 0.394 e. The maximum absolute atomic E-state index is 12.9. The molecule has 20 nitrogen and oxygen atoms in total. The standard InChI is InChI=1S/C32H64N8O12/c41-13-21-49-17-1-33-29(45)25-37-5-7-38(26-30(46)34-2-18-50-22-14-42)9-11-40(28-32(48)36-4-20-52-24-16-44)12-10-39(8-6-37)27-31(47)35-3-19-51-23-15-43/h41-44H,1-28H2,(H,33,45)(H,34,46)(H,35,47)(H,36,48). The third-order valence-corrected chi connectivity index (χ3v) is 7.62. The lowest BCUT2D eigenvalue weighted by Crippen LogP contribution is -2.51. The lowest BCUT2D eigenvalue weighted by molar-refractivity contribution is -0.125. The van der Waals surface area contributed by atoms with Gasteiger partial charge in [0.1, 0.15) is 0 Å². The Bertz CT molecular complexity index is 782. The Morgan fingerprint density at radius 2 is 0.558 bits per heavy atom. The van der Waals surface area contributed by atoms with Gasteiger partial charge >= 0.3 is 0 Å². The molecule has 0 atom stereocenters. The first-order valence-electron chi connectivity index (χ1n) is 18.0. The predicted octanol–water partition coefficient (Wildman–Crippen LogP) is -6.29. The molecule has 0 unspecified atom stereocenters. The van der Waals surface area contributed by atoms with E-state index >= 15 is 0 Å². The molecule has 20 heteroatoms. The van der Waals surface area contributed by atoms with Crippen molar-refractivity contribution in [1.82, 2.24) is 40.9 Å². The number of carbonyl (C=O) groups is 4. The van der Waals surface area contributed by atoms with E-state index in [1.165, 1.54) is 0 Å². The highest BCUT2D eigenvalue weighted by atomic mass is 16.5. The molecular formula is C32H64N8O12. The van der Waals surface area contributed by atoms with Gasteiger partial charge in [-0.2, -0.15) is 0 Å². The topological polar surface area (TPSA) is 247 Å². The summed E-state index contributed by atoms with van der Waals surface area (Å²) in [4.78, 5) is 59.3. The van der Waals surface area contributed by atoms with Crippen molar-refractivity contribution in [2.24, 2.45) is 0 Å². The molecule has 0 bridgehead atoms. The predicted molar refractivity (Wildman–Crippen MR) is 189 cm³/mol. The van der Waals surface area contributed by atoms with Crippen molar-refractivity contribution in [3.8, 4) is 0 Å². The van der Waals surface area contributed by atoms with Crippen molar-refractivity contribution >= 4 is 23.6 Å². The number of nitrogens with zero attached hydrogens (tertiary/aromatic N) is 4. The van der Waals surface area contributed by atoms with Crippen molar-refractivity contribution in [2.75, 3.05) is 184 Å². The minimum Gasteiger partial charge on any atom is -0.394 e. The number of hydrogen-bond acceptors (Lipinski definition) is 16. The number of nitrogens with one attached hydrogen (secondary N) is 4. The van der Waals surface area contributed by atoms with Gasteiger partial charge in [-0.3, -0.25) is 38.8 Å². The number of hydrogen-bond donors (Lipinski definition) is 8. The molecule has 1 aliphatic heterocycles. The fourth-order valence-electron chi connectivity index (χ4n) is 4.96. The summed E-state index contributed by atoms with van der Waals surface area (Å²) in [6.45, 7) is 6.38. The van der Waals surface area contributed by atoms with Crippen LogP contribution in [0.5, 0.6) is 0 Å². The zero-order valence-corrected chi connectivity index (χ0v) is 30.6. The van der Waals surface area contributed by atoms with Crippen LogP contribution in [0.2, 0.25) is 0 Å². The van der Waals surface area contributed by atoms with Gasteiger partial charge in [0.25, 0.3) is 0 Å². The van der Waals surface area contributed by atoms with Gasteiger partial charge in [-0.15, -0.1) is 0 Å². The van der Waals surface area contributed by atoms with Crippen LogP contribution in [0.1, 0.15) is 0 Å². The van der Waals surface area contributed by atoms with Crippen LogP contribution in [0.15, 0.2) is 0 Å². The van der Waals surface area contributed by atoms with Crippen LogP contribution >= 0.6 is 0 Å². The van der Waals surface area contributed by atoms with Crippen LogP contribution in [0, 0.1) is 0 Å². The average molecular weight is 753 g/mol. The third-order valence-electron chi connectivity index (χ3n) is 7.62. The molecule has 0 spiro atoms. The summed E-state index contributed by atoms with van der Waals surface area (Å²) in [5, 5.41) is 46.9. The highest BCUT2D eigenvalue weighted by molar-refractivity contribution is 5.79. The molecule has 0 aromatic rings. The summed E-state index contributed by atoms with van der Waals surface area (Å²) < 4.78 is 20.9. The van der Waals surface area contributed by atoms with Crippen molar-refractivity contribution in [1.29, 1.82) is 0 Å². The fraction of sp³-hybridized carbons (Fsp3) is 0.875. The van der Waals surface area contributed by atoms with E-state index in [2.05, 4.69) is 21.3 Å². The average Bonchev–Trinajstić information content (AvgIpc) is 3.12. The molecule has 1 heterocycles. The van der Waals surface area contributed by atoms with Gasteiger partial charge in [-0.1, -0.05) is 0 Å². The summed E-state index contributed by atoms with van der Waals surface area (Å²) in [6, 6.07) is 0. The van der Waals surface area contributed by atoms with Crippen molar-refractivity contribution < 1.29 is 58.6 Å². The second-order valence-corrected chi connectivity index (χ2v) is 11.8.